The van der Waals surface area contributed by atoms with Gasteiger partial charge in [-0.05, 0) is 42.7 Å². The summed E-state index contributed by atoms with van der Waals surface area (Å²) in [5.74, 6) is -0.712. The molecule has 1 aliphatic carbocycles. The highest BCUT2D eigenvalue weighted by molar-refractivity contribution is 6.00. The van der Waals surface area contributed by atoms with Crippen LogP contribution in [0, 0.1) is 11.6 Å². The van der Waals surface area contributed by atoms with Crippen LogP contribution in [0.5, 0.6) is 0 Å². The first-order valence-corrected chi connectivity index (χ1v) is 8.58. The molecule has 26 heavy (non-hydrogen) atoms. The number of carbonyl (C=O) groups is 1. The minimum Gasteiger partial charge on any atom is -0.329 e. The molecule has 2 heterocycles. The largest absolute Gasteiger partial charge is 0.329 e. The number of imidazole rings is 1. The van der Waals surface area contributed by atoms with Crippen LogP contribution in [0.3, 0.4) is 0 Å². The molecule has 6 heteroatoms. The lowest BCUT2D eigenvalue weighted by molar-refractivity contribution is -0.116. The molecule has 0 spiro atoms. The average Bonchev–Trinajstić information content (AvgIpc) is 2.97. The number of nitrogens with zero attached hydrogens (tertiary/aromatic N) is 2. The van der Waals surface area contributed by atoms with Crippen LogP contribution in [0.1, 0.15) is 30.9 Å². The number of allylic oxidation sites excluding steroid dienone is 2. The van der Waals surface area contributed by atoms with E-state index in [0.29, 0.717) is 23.5 Å². The topological polar surface area (TPSA) is 46.9 Å². The van der Waals surface area contributed by atoms with Crippen LogP contribution in [0.15, 0.2) is 53.7 Å². The third-order valence-electron chi connectivity index (χ3n) is 5.05. The van der Waals surface area contributed by atoms with Gasteiger partial charge in [-0.3, -0.25) is 9.36 Å². The number of benzene rings is 2. The van der Waals surface area contributed by atoms with E-state index in [2.05, 4.69) is 10.3 Å². The molecule has 2 aliphatic rings. The lowest BCUT2D eigenvalue weighted by Gasteiger charge is -2.33. The van der Waals surface area contributed by atoms with Crippen LogP contribution in [-0.2, 0) is 4.79 Å². The van der Waals surface area contributed by atoms with Gasteiger partial charge in [0, 0.05) is 23.8 Å². The highest BCUT2D eigenvalue weighted by atomic mass is 19.1. The number of anilines is 1. The predicted octanol–water partition coefficient (Wildman–Crippen LogP) is 4.34. The number of nitrogens with one attached hydrogen (secondary N) is 1. The van der Waals surface area contributed by atoms with Crippen LogP contribution >= 0.6 is 0 Å². The first kappa shape index (κ1) is 15.3. The van der Waals surface area contributed by atoms with E-state index >= 15 is 0 Å². The van der Waals surface area contributed by atoms with Gasteiger partial charge in [0.05, 0.1) is 17.1 Å². The Morgan fingerprint density at radius 2 is 1.85 bits per heavy atom. The van der Waals surface area contributed by atoms with Crippen LogP contribution < -0.4 is 5.32 Å². The summed E-state index contributed by atoms with van der Waals surface area (Å²) in [6.07, 6.45) is 1.92. The summed E-state index contributed by atoms with van der Waals surface area (Å²) in [5, 5.41) is 3.27. The van der Waals surface area contributed by atoms with Crippen molar-refractivity contribution in [1.29, 1.82) is 0 Å². The van der Waals surface area contributed by atoms with Gasteiger partial charge < -0.3 is 5.32 Å². The minimum absolute atomic E-state index is 0.0110. The third kappa shape index (κ3) is 2.18. The quantitative estimate of drug-likeness (QED) is 0.710. The first-order chi connectivity index (χ1) is 12.6. The summed E-state index contributed by atoms with van der Waals surface area (Å²) < 4.78 is 29.7. The molecule has 0 saturated heterocycles. The number of hydrogen-bond acceptors (Lipinski definition) is 3. The van der Waals surface area contributed by atoms with Crippen molar-refractivity contribution in [3.8, 4) is 0 Å². The Hall–Kier alpha value is -3.02. The molecule has 0 amide bonds. The number of fused-ring (bicyclic) bond motifs is 3. The summed E-state index contributed by atoms with van der Waals surface area (Å²) in [7, 11) is 0. The molecular weight excluding hydrogens is 336 g/mol. The molecule has 130 valence electrons. The van der Waals surface area contributed by atoms with Crippen LogP contribution in [-0.4, -0.2) is 15.3 Å². The van der Waals surface area contributed by atoms with Gasteiger partial charge in [-0.15, -0.1) is 0 Å². The third-order valence-corrected chi connectivity index (χ3v) is 5.05. The van der Waals surface area contributed by atoms with Crippen molar-refractivity contribution in [1.82, 2.24) is 9.55 Å². The number of carbonyl (C=O) groups excluding carboxylic acids is 1. The van der Waals surface area contributed by atoms with Crippen molar-refractivity contribution >= 4 is 22.8 Å². The SMILES string of the molecule is O=C1CCCC2=C1C(c1cc(F)cc(F)c1)n1c(nc3ccccc31)N2. The van der Waals surface area contributed by atoms with Crippen molar-refractivity contribution in [3.05, 3.63) is 70.9 Å². The number of ketones is 1. The van der Waals surface area contributed by atoms with E-state index in [0.717, 1.165) is 35.6 Å². The molecule has 2 aromatic carbocycles. The number of hydrogen-bond donors (Lipinski definition) is 1. The molecular formula is C20H15F2N3O. The van der Waals surface area contributed by atoms with Crippen LogP contribution in [0.2, 0.25) is 0 Å². The Labute approximate surface area is 148 Å². The van der Waals surface area contributed by atoms with E-state index in [4.69, 9.17) is 0 Å². The molecule has 3 aromatic rings. The van der Waals surface area contributed by atoms with Crippen molar-refractivity contribution < 1.29 is 13.6 Å². The first-order valence-electron chi connectivity index (χ1n) is 8.58. The molecule has 4 nitrogen and oxygen atoms in total. The van der Waals surface area contributed by atoms with Crippen molar-refractivity contribution in [2.75, 3.05) is 5.32 Å². The summed E-state index contributed by atoms with van der Waals surface area (Å²) in [4.78, 5) is 17.3. The second-order valence-electron chi connectivity index (χ2n) is 6.69. The molecule has 0 saturated carbocycles. The number of para-hydroxylation sites is 2. The second kappa shape index (κ2) is 5.49. The molecule has 5 rings (SSSR count). The van der Waals surface area contributed by atoms with Gasteiger partial charge in [0.15, 0.2) is 5.78 Å². The van der Waals surface area contributed by atoms with Gasteiger partial charge in [0.2, 0.25) is 5.95 Å². The molecule has 1 unspecified atom stereocenters. The number of rotatable bonds is 1. The number of Topliss-reactive ketones (excluding diaryl/α,β-unsaturated/α-hetero) is 1. The lowest BCUT2D eigenvalue weighted by atomic mass is 9.85. The molecule has 0 radical (unpaired) electrons. The van der Waals surface area contributed by atoms with E-state index in [-0.39, 0.29) is 5.78 Å². The van der Waals surface area contributed by atoms with Gasteiger partial charge in [0.25, 0.3) is 0 Å². The van der Waals surface area contributed by atoms with E-state index < -0.39 is 17.7 Å². The maximum absolute atomic E-state index is 13.9. The second-order valence-corrected chi connectivity index (χ2v) is 6.69. The van der Waals surface area contributed by atoms with Crippen molar-refractivity contribution in [2.24, 2.45) is 0 Å². The Bertz CT molecular complexity index is 1080. The summed E-state index contributed by atoms with van der Waals surface area (Å²) >= 11 is 0. The summed E-state index contributed by atoms with van der Waals surface area (Å²) in [6, 6.07) is 10.4. The Kier molecular flexibility index (Phi) is 3.22. The Morgan fingerprint density at radius 1 is 1.08 bits per heavy atom. The monoisotopic (exact) mass is 351 g/mol. The maximum Gasteiger partial charge on any atom is 0.209 e. The standard InChI is InChI=1S/C20H15F2N3O/c21-12-8-11(9-13(22)10-12)19-18-15(5-3-7-17(18)26)24-20-23-14-4-1-2-6-16(14)25(19)20/h1-2,4,6,8-10,19H,3,5,7H2,(H,23,24). The Balaban J connectivity index is 1.83. The fourth-order valence-corrected chi connectivity index (χ4v) is 4.02. The molecule has 1 aliphatic heterocycles. The molecule has 0 fully saturated rings. The Morgan fingerprint density at radius 3 is 2.65 bits per heavy atom. The lowest BCUT2D eigenvalue weighted by Crippen LogP contribution is -2.31. The van der Waals surface area contributed by atoms with Crippen molar-refractivity contribution in [2.45, 2.75) is 25.3 Å². The van der Waals surface area contributed by atoms with E-state index in [1.165, 1.54) is 12.1 Å². The molecule has 1 atom stereocenters. The van der Waals surface area contributed by atoms with Crippen LogP contribution in [0.25, 0.3) is 11.0 Å². The molecule has 1 N–H and O–H groups in total. The fraction of sp³-hybridized carbons (Fsp3) is 0.200. The summed E-state index contributed by atoms with van der Waals surface area (Å²) in [6.45, 7) is 0. The molecule has 1 aromatic heterocycles. The predicted molar refractivity (Wildman–Crippen MR) is 93.7 cm³/mol. The van der Waals surface area contributed by atoms with E-state index in [1.54, 1.807) is 0 Å². The zero-order valence-corrected chi connectivity index (χ0v) is 13.8. The minimum atomic E-state index is -0.657. The normalized spacial score (nSPS) is 19.3. The molecule has 0 bridgehead atoms. The number of halogens is 2. The maximum atomic E-state index is 13.9. The van der Waals surface area contributed by atoms with Gasteiger partial charge in [-0.1, -0.05) is 12.1 Å². The van der Waals surface area contributed by atoms with E-state index in [9.17, 15) is 13.6 Å². The highest BCUT2D eigenvalue weighted by Crippen LogP contribution is 2.42. The fourth-order valence-electron chi connectivity index (χ4n) is 4.02. The summed E-state index contributed by atoms with van der Waals surface area (Å²) in [5.41, 5.74) is 3.38. The van der Waals surface area contributed by atoms with Crippen LogP contribution in [0.4, 0.5) is 14.7 Å². The van der Waals surface area contributed by atoms with Gasteiger partial charge >= 0.3 is 0 Å². The number of aromatic nitrogens is 2. The zero-order valence-electron chi connectivity index (χ0n) is 13.8. The highest BCUT2D eigenvalue weighted by Gasteiger charge is 2.36. The van der Waals surface area contributed by atoms with Gasteiger partial charge in [-0.25, -0.2) is 13.8 Å². The van der Waals surface area contributed by atoms with Gasteiger partial charge in [0.1, 0.15) is 11.6 Å². The zero-order chi connectivity index (χ0) is 17.8. The van der Waals surface area contributed by atoms with Gasteiger partial charge in [-0.2, -0.15) is 0 Å². The average molecular weight is 351 g/mol. The smallest absolute Gasteiger partial charge is 0.209 e. The van der Waals surface area contributed by atoms with E-state index in [1.807, 2.05) is 28.8 Å². The van der Waals surface area contributed by atoms with Crippen molar-refractivity contribution in [3.63, 3.8) is 0 Å².